The molecule has 90 valence electrons. The molecule has 0 fully saturated rings. The summed E-state index contributed by atoms with van der Waals surface area (Å²) < 4.78 is 11.1. The van der Waals surface area contributed by atoms with E-state index in [2.05, 4.69) is 0 Å². The lowest BCUT2D eigenvalue weighted by Gasteiger charge is -2.23. The van der Waals surface area contributed by atoms with Crippen molar-refractivity contribution in [2.45, 2.75) is 24.9 Å². The Labute approximate surface area is 101 Å². The summed E-state index contributed by atoms with van der Waals surface area (Å²) in [6, 6.07) is 7.88. The van der Waals surface area contributed by atoms with Crippen LogP contribution < -0.4 is 4.74 Å². The van der Waals surface area contributed by atoms with Gasteiger partial charge in [-0.15, -0.1) is 0 Å². The van der Waals surface area contributed by atoms with Crippen LogP contribution in [0.4, 0.5) is 0 Å². The molecular weight excluding hydrogens is 216 g/mol. The Kier molecular flexibility index (Phi) is 2.77. The summed E-state index contributed by atoms with van der Waals surface area (Å²) in [6.07, 6.45) is 3.43. The van der Waals surface area contributed by atoms with Crippen molar-refractivity contribution in [3.05, 3.63) is 41.7 Å². The van der Waals surface area contributed by atoms with Gasteiger partial charge >= 0.3 is 0 Å². The molecule has 0 aliphatic carbocycles. The predicted octanol–water partition coefficient (Wildman–Crippen LogP) is 2.22. The number of ether oxygens (including phenoxy) is 2. The van der Waals surface area contributed by atoms with Crippen LogP contribution in [0.1, 0.15) is 24.3 Å². The maximum absolute atomic E-state index is 10.3. The van der Waals surface area contributed by atoms with E-state index in [1.165, 1.54) is 0 Å². The molecule has 2 unspecified atom stereocenters. The maximum Gasteiger partial charge on any atom is 0.123 e. The smallest absolute Gasteiger partial charge is 0.123 e. The predicted molar refractivity (Wildman–Crippen MR) is 64.0 cm³/mol. The minimum atomic E-state index is -0.584. The zero-order valence-electron chi connectivity index (χ0n) is 9.63. The summed E-state index contributed by atoms with van der Waals surface area (Å²) in [4.78, 5) is 0. The molecule has 2 atom stereocenters. The molecule has 0 aromatic heterocycles. The van der Waals surface area contributed by atoms with E-state index in [-0.39, 0.29) is 5.92 Å². The Morgan fingerprint density at radius 3 is 2.94 bits per heavy atom. The molecule has 1 aromatic carbocycles. The van der Waals surface area contributed by atoms with Gasteiger partial charge in [-0.3, -0.25) is 0 Å². The average Bonchev–Trinajstić information content (AvgIpc) is 2.83. The number of aliphatic hydroxyl groups excluding tert-OH is 1. The van der Waals surface area contributed by atoms with Gasteiger partial charge in [0.2, 0.25) is 0 Å². The number of benzene rings is 1. The van der Waals surface area contributed by atoms with Crippen LogP contribution in [0.15, 0.2) is 36.1 Å². The third kappa shape index (κ3) is 1.91. The average molecular weight is 232 g/mol. The molecule has 2 aliphatic rings. The summed E-state index contributed by atoms with van der Waals surface area (Å²) in [6.45, 7) is 1.24. The van der Waals surface area contributed by atoms with Crippen molar-refractivity contribution in [1.29, 1.82) is 0 Å². The van der Waals surface area contributed by atoms with Crippen molar-refractivity contribution in [3.63, 3.8) is 0 Å². The normalized spacial score (nSPS) is 24.3. The van der Waals surface area contributed by atoms with Crippen LogP contribution >= 0.6 is 0 Å². The van der Waals surface area contributed by atoms with Gasteiger partial charge in [0.15, 0.2) is 0 Å². The number of hydrogen-bond acceptors (Lipinski definition) is 3. The van der Waals surface area contributed by atoms with E-state index < -0.39 is 6.10 Å². The summed E-state index contributed by atoms with van der Waals surface area (Å²) in [5.74, 6) is 1.59. The molecule has 3 heteroatoms. The molecule has 1 aromatic rings. The van der Waals surface area contributed by atoms with Gasteiger partial charge < -0.3 is 14.6 Å². The highest BCUT2D eigenvalue weighted by atomic mass is 16.5. The van der Waals surface area contributed by atoms with Gasteiger partial charge in [0.25, 0.3) is 0 Å². The van der Waals surface area contributed by atoms with Crippen LogP contribution in [-0.2, 0) is 4.74 Å². The lowest BCUT2D eigenvalue weighted by molar-refractivity contribution is 0.0697. The first kappa shape index (κ1) is 10.7. The Morgan fingerprint density at radius 1 is 1.24 bits per heavy atom. The third-order valence-electron chi connectivity index (χ3n) is 3.37. The topological polar surface area (TPSA) is 38.7 Å². The Bertz CT molecular complexity index is 439. The Morgan fingerprint density at radius 2 is 2.12 bits per heavy atom. The minimum Gasteiger partial charge on any atom is -0.495 e. The summed E-state index contributed by atoms with van der Waals surface area (Å²) >= 11 is 0. The number of allylic oxidation sites excluding steroid dienone is 1. The maximum atomic E-state index is 10.3. The van der Waals surface area contributed by atoms with Crippen molar-refractivity contribution in [3.8, 4) is 5.75 Å². The molecule has 0 saturated carbocycles. The summed E-state index contributed by atoms with van der Waals surface area (Å²) in [5.41, 5.74) is 1.08. The number of hydrogen-bond donors (Lipinski definition) is 1. The van der Waals surface area contributed by atoms with Crippen molar-refractivity contribution in [2.75, 3.05) is 13.2 Å². The second-order valence-electron chi connectivity index (χ2n) is 4.50. The molecule has 2 aliphatic heterocycles. The third-order valence-corrected chi connectivity index (χ3v) is 3.37. The molecule has 0 amide bonds. The first-order chi connectivity index (χ1) is 8.36. The zero-order chi connectivity index (χ0) is 11.7. The molecule has 3 nitrogen and oxygen atoms in total. The molecular formula is C14H16O3. The largest absolute Gasteiger partial charge is 0.495 e. The van der Waals surface area contributed by atoms with Crippen LogP contribution in [0.5, 0.6) is 5.75 Å². The summed E-state index contributed by atoms with van der Waals surface area (Å²) in [7, 11) is 0. The van der Waals surface area contributed by atoms with Crippen molar-refractivity contribution >= 4 is 0 Å². The minimum absolute atomic E-state index is 0.00412. The monoisotopic (exact) mass is 232 g/mol. The van der Waals surface area contributed by atoms with E-state index in [1.807, 2.05) is 30.3 Å². The fraction of sp³-hybridized carbons (Fsp3) is 0.429. The molecule has 2 heterocycles. The van der Waals surface area contributed by atoms with E-state index in [0.29, 0.717) is 19.0 Å². The van der Waals surface area contributed by atoms with E-state index in [9.17, 15) is 5.11 Å². The molecule has 1 N–H and O–H groups in total. The van der Waals surface area contributed by atoms with Gasteiger partial charge in [-0.25, -0.2) is 0 Å². The van der Waals surface area contributed by atoms with Crippen LogP contribution in [0.25, 0.3) is 0 Å². The lowest BCUT2D eigenvalue weighted by atomic mass is 9.93. The van der Waals surface area contributed by atoms with E-state index in [1.54, 1.807) is 0 Å². The Balaban J connectivity index is 1.84. The molecule has 0 saturated heterocycles. The van der Waals surface area contributed by atoms with E-state index in [4.69, 9.17) is 9.47 Å². The summed E-state index contributed by atoms with van der Waals surface area (Å²) in [5, 5.41) is 10.3. The number of fused-ring (bicyclic) bond motifs is 1. The van der Waals surface area contributed by atoms with Crippen LogP contribution in [0, 0.1) is 0 Å². The first-order valence-corrected chi connectivity index (χ1v) is 6.09. The highest BCUT2D eigenvalue weighted by molar-refractivity contribution is 5.41. The molecule has 0 radical (unpaired) electrons. The van der Waals surface area contributed by atoms with Gasteiger partial charge in [-0.2, -0.15) is 0 Å². The van der Waals surface area contributed by atoms with E-state index >= 15 is 0 Å². The molecule has 0 spiro atoms. The zero-order valence-corrected chi connectivity index (χ0v) is 9.63. The van der Waals surface area contributed by atoms with Crippen molar-refractivity contribution in [2.24, 2.45) is 0 Å². The van der Waals surface area contributed by atoms with Gasteiger partial charge in [0.1, 0.15) is 17.6 Å². The number of para-hydroxylation sites is 1. The van der Waals surface area contributed by atoms with Gasteiger partial charge in [0, 0.05) is 5.56 Å². The van der Waals surface area contributed by atoms with Gasteiger partial charge in [-0.1, -0.05) is 18.2 Å². The number of aliphatic hydroxyl groups is 1. The number of rotatable bonds is 2. The first-order valence-electron chi connectivity index (χ1n) is 6.09. The van der Waals surface area contributed by atoms with Crippen LogP contribution in [-0.4, -0.2) is 24.4 Å². The fourth-order valence-corrected chi connectivity index (χ4v) is 2.43. The highest BCUT2D eigenvalue weighted by Crippen LogP contribution is 2.38. The molecule has 0 bridgehead atoms. The van der Waals surface area contributed by atoms with Crippen LogP contribution in [0.3, 0.4) is 0 Å². The molecule has 17 heavy (non-hydrogen) atoms. The van der Waals surface area contributed by atoms with E-state index in [0.717, 1.165) is 24.2 Å². The SMILES string of the molecule is OC(C1=CCCCO1)C1COc2ccccc21. The fourth-order valence-electron chi connectivity index (χ4n) is 2.43. The van der Waals surface area contributed by atoms with Crippen molar-refractivity contribution < 1.29 is 14.6 Å². The van der Waals surface area contributed by atoms with Crippen LogP contribution in [0.2, 0.25) is 0 Å². The van der Waals surface area contributed by atoms with Crippen molar-refractivity contribution in [1.82, 2.24) is 0 Å². The quantitative estimate of drug-likeness (QED) is 0.849. The lowest BCUT2D eigenvalue weighted by Crippen LogP contribution is -2.25. The second-order valence-corrected chi connectivity index (χ2v) is 4.50. The molecule has 3 rings (SSSR count). The van der Waals surface area contributed by atoms with Gasteiger partial charge in [-0.05, 0) is 25.0 Å². The second kappa shape index (κ2) is 4.41. The standard InChI is InChI=1S/C14H16O3/c15-14(13-7-3-4-8-16-13)11-9-17-12-6-2-1-5-10(11)12/h1-2,5-7,11,14-15H,3-4,8-9H2. The Hall–Kier alpha value is -1.48. The highest BCUT2D eigenvalue weighted by Gasteiger charge is 2.33. The van der Waals surface area contributed by atoms with Gasteiger partial charge in [0.05, 0.1) is 19.1 Å².